The van der Waals surface area contributed by atoms with Gasteiger partial charge in [0.15, 0.2) is 0 Å². The van der Waals surface area contributed by atoms with Gasteiger partial charge in [-0.05, 0) is 32.0 Å². The first-order chi connectivity index (χ1) is 10.1. The normalized spacial score (nSPS) is 11.1. The number of sulfonamides is 1. The first kappa shape index (κ1) is 15.3. The van der Waals surface area contributed by atoms with Crippen LogP contribution < -0.4 is 9.62 Å². The van der Waals surface area contributed by atoms with Gasteiger partial charge in [0.1, 0.15) is 4.90 Å². The van der Waals surface area contributed by atoms with Crippen molar-refractivity contribution in [2.24, 2.45) is 0 Å². The molecule has 0 radical (unpaired) electrons. The third kappa shape index (κ3) is 3.33. The van der Waals surface area contributed by atoms with E-state index < -0.39 is 10.0 Å². The molecule has 0 amide bonds. The molecule has 1 aromatic carbocycles. The first-order valence-electron chi connectivity index (χ1n) is 6.86. The van der Waals surface area contributed by atoms with E-state index >= 15 is 0 Å². The summed E-state index contributed by atoms with van der Waals surface area (Å²) in [6, 6.07) is 10.7. The first-order valence-corrected chi connectivity index (χ1v) is 8.30. The van der Waals surface area contributed by atoms with Crippen molar-refractivity contribution in [2.75, 3.05) is 22.7 Å². The van der Waals surface area contributed by atoms with E-state index in [2.05, 4.69) is 10.3 Å². The zero-order valence-electron chi connectivity index (χ0n) is 12.2. The summed E-state index contributed by atoms with van der Waals surface area (Å²) in [7, 11) is -3.61. The van der Waals surface area contributed by atoms with Crippen LogP contribution in [0.25, 0.3) is 0 Å². The van der Waals surface area contributed by atoms with Crippen molar-refractivity contribution in [3.8, 4) is 0 Å². The van der Waals surface area contributed by atoms with Gasteiger partial charge in [0.25, 0.3) is 10.0 Å². The molecule has 1 N–H and O–H groups in total. The van der Waals surface area contributed by atoms with Gasteiger partial charge >= 0.3 is 0 Å². The maximum Gasteiger partial charge on any atom is 0.265 e. The maximum atomic E-state index is 12.8. The third-order valence-electron chi connectivity index (χ3n) is 3.01. The molecular formula is C15H19N3O2S. The molecule has 0 bridgehead atoms. The third-order valence-corrected chi connectivity index (χ3v) is 4.88. The van der Waals surface area contributed by atoms with Crippen LogP contribution in [-0.4, -0.2) is 26.5 Å². The van der Waals surface area contributed by atoms with Crippen molar-refractivity contribution in [3.05, 3.63) is 48.8 Å². The van der Waals surface area contributed by atoms with Crippen LogP contribution >= 0.6 is 0 Å². The van der Waals surface area contributed by atoms with Gasteiger partial charge in [-0.15, -0.1) is 0 Å². The van der Waals surface area contributed by atoms with Crippen molar-refractivity contribution >= 4 is 21.4 Å². The lowest BCUT2D eigenvalue weighted by Gasteiger charge is -2.22. The summed E-state index contributed by atoms with van der Waals surface area (Å²) < 4.78 is 26.9. The molecule has 0 spiro atoms. The lowest BCUT2D eigenvalue weighted by molar-refractivity contribution is 0.591. The summed E-state index contributed by atoms with van der Waals surface area (Å²) in [5, 5.41) is 3.07. The van der Waals surface area contributed by atoms with Gasteiger partial charge in [0.2, 0.25) is 0 Å². The largest absolute Gasteiger partial charge is 0.384 e. The van der Waals surface area contributed by atoms with Gasteiger partial charge in [-0.2, -0.15) is 0 Å². The number of anilines is 2. The molecule has 1 heterocycles. The Kier molecular flexibility index (Phi) is 4.80. The van der Waals surface area contributed by atoms with Crippen LogP contribution in [0.15, 0.2) is 53.7 Å². The van der Waals surface area contributed by atoms with Gasteiger partial charge in [-0.25, -0.2) is 8.42 Å². The Morgan fingerprint density at radius 1 is 1.14 bits per heavy atom. The van der Waals surface area contributed by atoms with E-state index in [1.165, 1.54) is 10.5 Å². The predicted molar refractivity (Wildman–Crippen MR) is 85.0 cm³/mol. The van der Waals surface area contributed by atoms with E-state index in [0.717, 1.165) is 0 Å². The van der Waals surface area contributed by atoms with Gasteiger partial charge in [-0.1, -0.05) is 18.2 Å². The lowest BCUT2D eigenvalue weighted by atomic mass is 10.3. The number of hydrogen-bond donors (Lipinski definition) is 1. The van der Waals surface area contributed by atoms with E-state index in [1.807, 2.05) is 32.0 Å². The molecule has 0 unspecified atom stereocenters. The van der Waals surface area contributed by atoms with Crippen molar-refractivity contribution in [1.29, 1.82) is 0 Å². The minimum Gasteiger partial charge on any atom is -0.384 e. The molecule has 0 aliphatic carbocycles. The molecule has 5 nitrogen and oxygen atoms in total. The summed E-state index contributed by atoms with van der Waals surface area (Å²) in [6.45, 7) is 4.83. The highest BCUT2D eigenvalue weighted by Crippen LogP contribution is 2.24. The fraction of sp³-hybridized carbons (Fsp3) is 0.267. The fourth-order valence-corrected chi connectivity index (χ4v) is 3.54. The molecule has 0 saturated carbocycles. The molecule has 1 aromatic heterocycles. The molecule has 6 heteroatoms. The number of nitrogens with one attached hydrogen (secondary N) is 1. The number of rotatable bonds is 6. The Labute approximate surface area is 125 Å². The number of hydrogen-bond acceptors (Lipinski definition) is 4. The summed E-state index contributed by atoms with van der Waals surface area (Å²) in [5.41, 5.74) is 1.34. The monoisotopic (exact) mass is 305 g/mol. The van der Waals surface area contributed by atoms with Gasteiger partial charge < -0.3 is 5.32 Å². The van der Waals surface area contributed by atoms with Crippen molar-refractivity contribution in [1.82, 2.24) is 4.98 Å². The van der Waals surface area contributed by atoms with E-state index in [1.54, 1.807) is 24.4 Å². The van der Waals surface area contributed by atoms with Crippen molar-refractivity contribution in [2.45, 2.75) is 18.7 Å². The van der Waals surface area contributed by atoms with Crippen molar-refractivity contribution < 1.29 is 8.42 Å². The second-order valence-electron chi connectivity index (χ2n) is 4.44. The summed E-state index contributed by atoms with van der Waals surface area (Å²) >= 11 is 0. The Bertz CT molecular complexity index is 687. The van der Waals surface area contributed by atoms with Crippen LogP contribution in [-0.2, 0) is 10.0 Å². The van der Waals surface area contributed by atoms with Crippen LogP contribution in [0.3, 0.4) is 0 Å². The van der Waals surface area contributed by atoms with Crippen LogP contribution in [0.5, 0.6) is 0 Å². The SMILES string of the molecule is CCNc1cncc(S(=O)(=O)N(CC)c2ccccc2)c1. The van der Waals surface area contributed by atoms with Crippen LogP contribution in [0.4, 0.5) is 11.4 Å². The summed E-state index contributed by atoms with van der Waals surface area (Å²) in [6.07, 6.45) is 2.99. The Morgan fingerprint density at radius 2 is 1.86 bits per heavy atom. The summed E-state index contributed by atoms with van der Waals surface area (Å²) in [5.74, 6) is 0. The molecule has 0 fully saturated rings. The molecule has 2 aromatic rings. The maximum absolute atomic E-state index is 12.8. The van der Waals surface area contributed by atoms with E-state index in [0.29, 0.717) is 24.5 Å². The van der Waals surface area contributed by atoms with Gasteiger partial charge in [-0.3, -0.25) is 9.29 Å². The average molecular weight is 305 g/mol. The zero-order valence-corrected chi connectivity index (χ0v) is 13.0. The van der Waals surface area contributed by atoms with Crippen LogP contribution in [0.1, 0.15) is 13.8 Å². The molecule has 2 rings (SSSR count). The van der Waals surface area contributed by atoms with Crippen LogP contribution in [0, 0.1) is 0 Å². The second-order valence-corrected chi connectivity index (χ2v) is 6.31. The molecule has 112 valence electrons. The summed E-state index contributed by atoms with van der Waals surface area (Å²) in [4.78, 5) is 4.20. The van der Waals surface area contributed by atoms with Gasteiger partial charge in [0, 0.05) is 19.3 Å². The highest BCUT2D eigenvalue weighted by atomic mass is 32.2. The molecule has 0 aliphatic heterocycles. The fourth-order valence-electron chi connectivity index (χ4n) is 2.07. The van der Waals surface area contributed by atoms with Crippen molar-refractivity contribution in [3.63, 3.8) is 0 Å². The molecule has 0 saturated heterocycles. The van der Waals surface area contributed by atoms with E-state index in [9.17, 15) is 8.42 Å². The average Bonchev–Trinajstić information content (AvgIpc) is 2.49. The predicted octanol–water partition coefficient (Wildman–Crippen LogP) is 2.73. The Hall–Kier alpha value is -2.08. The van der Waals surface area contributed by atoms with E-state index in [-0.39, 0.29) is 4.90 Å². The zero-order chi connectivity index (χ0) is 15.3. The minimum atomic E-state index is -3.61. The second kappa shape index (κ2) is 6.58. The number of nitrogens with zero attached hydrogens (tertiary/aromatic N) is 2. The lowest BCUT2D eigenvalue weighted by Crippen LogP contribution is -2.30. The standard InChI is InChI=1S/C15H19N3O2S/c1-3-17-13-10-15(12-16-11-13)21(19,20)18(4-2)14-8-6-5-7-9-14/h5-12,17H,3-4H2,1-2H3. The number of benzene rings is 1. The number of pyridine rings is 1. The topological polar surface area (TPSA) is 62.3 Å². The minimum absolute atomic E-state index is 0.187. The number of aromatic nitrogens is 1. The molecule has 0 aliphatic rings. The molecular weight excluding hydrogens is 286 g/mol. The highest BCUT2D eigenvalue weighted by molar-refractivity contribution is 7.92. The highest BCUT2D eigenvalue weighted by Gasteiger charge is 2.24. The molecule has 21 heavy (non-hydrogen) atoms. The van der Waals surface area contributed by atoms with Crippen LogP contribution in [0.2, 0.25) is 0 Å². The smallest absolute Gasteiger partial charge is 0.265 e. The quantitative estimate of drug-likeness (QED) is 0.891. The molecule has 0 atom stereocenters. The van der Waals surface area contributed by atoms with Gasteiger partial charge in [0.05, 0.1) is 17.6 Å². The number of para-hydroxylation sites is 1. The Balaban J connectivity index is 2.42. The Morgan fingerprint density at radius 3 is 2.48 bits per heavy atom. The van der Waals surface area contributed by atoms with E-state index in [4.69, 9.17) is 0 Å².